The number of rotatable bonds is 34. The number of carbonyl (C=O) groups is 2. The first-order chi connectivity index (χ1) is 21.1. The SMILES string of the molecule is CCCCCCCC/C=C\CCCCCCCC(=O)OC(/C=C\CCCCCCCCC)CCCCCCCCC(=O)O. The van der Waals surface area contributed by atoms with Gasteiger partial charge in [0, 0.05) is 12.8 Å². The third-order valence-electron chi connectivity index (χ3n) is 8.38. The van der Waals surface area contributed by atoms with Crippen molar-refractivity contribution in [3.63, 3.8) is 0 Å². The van der Waals surface area contributed by atoms with Crippen LogP contribution in [0.5, 0.6) is 0 Å². The first-order valence-electron chi connectivity index (χ1n) is 18.8. The largest absolute Gasteiger partial charge is 0.481 e. The highest BCUT2D eigenvalue weighted by Gasteiger charge is 2.11. The molecule has 0 rings (SSSR count). The Morgan fingerprint density at radius 1 is 0.512 bits per heavy atom. The van der Waals surface area contributed by atoms with E-state index in [4.69, 9.17) is 9.84 Å². The van der Waals surface area contributed by atoms with Crippen molar-refractivity contribution in [2.75, 3.05) is 0 Å². The minimum Gasteiger partial charge on any atom is -0.481 e. The van der Waals surface area contributed by atoms with Crippen molar-refractivity contribution in [3.8, 4) is 0 Å². The van der Waals surface area contributed by atoms with E-state index in [0.717, 1.165) is 64.2 Å². The Kier molecular flexibility index (Phi) is 33.6. The van der Waals surface area contributed by atoms with Gasteiger partial charge in [0.05, 0.1) is 0 Å². The summed E-state index contributed by atoms with van der Waals surface area (Å²) in [5.74, 6) is -0.744. The molecule has 0 spiro atoms. The summed E-state index contributed by atoms with van der Waals surface area (Å²) in [7, 11) is 0. The monoisotopic (exact) mass is 605 g/mol. The van der Waals surface area contributed by atoms with E-state index in [1.165, 1.54) is 116 Å². The lowest BCUT2D eigenvalue weighted by Gasteiger charge is -2.15. The van der Waals surface area contributed by atoms with E-state index in [9.17, 15) is 9.59 Å². The smallest absolute Gasteiger partial charge is 0.306 e. The van der Waals surface area contributed by atoms with E-state index in [1.54, 1.807) is 0 Å². The molecule has 252 valence electrons. The average Bonchev–Trinajstić information content (AvgIpc) is 2.99. The topological polar surface area (TPSA) is 63.6 Å². The molecule has 0 saturated carbocycles. The van der Waals surface area contributed by atoms with E-state index in [2.05, 4.69) is 38.2 Å². The van der Waals surface area contributed by atoms with Gasteiger partial charge in [-0.25, -0.2) is 0 Å². The molecule has 0 radical (unpaired) electrons. The molecule has 0 aliphatic rings. The van der Waals surface area contributed by atoms with Crippen LogP contribution in [0.15, 0.2) is 24.3 Å². The van der Waals surface area contributed by atoms with Gasteiger partial charge in [-0.3, -0.25) is 9.59 Å². The summed E-state index contributed by atoms with van der Waals surface area (Å²) in [6.45, 7) is 4.53. The lowest BCUT2D eigenvalue weighted by atomic mass is 10.0. The molecule has 0 fully saturated rings. The van der Waals surface area contributed by atoms with Gasteiger partial charge in [0.25, 0.3) is 0 Å². The summed E-state index contributed by atoms with van der Waals surface area (Å²) in [4.78, 5) is 23.2. The van der Waals surface area contributed by atoms with E-state index < -0.39 is 5.97 Å². The van der Waals surface area contributed by atoms with Crippen LogP contribution in [0, 0.1) is 0 Å². The van der Waals surface area contributed by atoms with Crippen molar-refractivity contribution >= 4 is 11.9 Å². The number of esters is 1. The van der Waals surface area contributed by atoms with Crippen molar-refractivity contribution in [2.24, 2.45) is 0 Å². The van der Waals surface area contributed by atoms with Gasteiger partial charge >= 0.3 is 11.9 Å². The molecule has 1 unspecified atom stereocenters. The molecule has 4 nitrogen and oxygen atoms in total. The van der Waals surface area contributed by atoms with Crippen molar-refractivity contribution < 1.29 is 19.4 Å². The number of unbranched alkanes of at least 4 members (excludes halogenated alkanes) is 23. The molecule has 0 aliphatic heterocycles. The minimum absolute atomic E-state index is 0.0446. The summed E-state index contributed by atoms with van der Waals surface area (Å²) in [5.41, 5.74) is 0. The van der Waals surface area contributed by atoms with E-state index in [-0.39, 0.29) is 18.5 Å². The highest BCUT2D eigenvalue weighted by atomic mass is 16.5. The Morgan fingerprint density at radius 2 is 0.907 bits per heavy atom. The van der Waals surface area contributed by atoms with Crippen LogP contribution < -0.4 is 0 Å². The summed E-state index contributed by atoms with van der Waals surface area (Å²) in [6, 6.07) is 0. The number of aliphatic carboxylic acids is 1. The van der Waals surface area contributed by atoms with E-state index in [0.29, 0.717) is 6.42 Å². The summed E-state index contributed by atoms with van der Waals surface area (Å²) in [6.07, 6.45) is 43.5. The Balaban J connectivity index is 4.08. The van der Waals surface area contributed by atoms with Gasteiger partial charge in [-0.2, -0.15) is 0 Å². The molecule has 0 saturated heterocycles. The number of hydrogen-bond acceptors (Lipinski definition) is 3. The fourth-order valence-corrected chi connectivity index (χ4v) is 5.56. The zero-order valence-corrected chi connectivity index (χ0v) is 28.8. The maximum atomic E-state index is 12.6. The first kappa shape index (κ1) is 41.4. The van der Waals surface area contributed by atoms with Crippen LogP contribution in [0.3, 0.4) is 0 Å². The zero-order chi connectivity index (χ0) is 31.5. The molecule has 0 amide bonds. The number of carboxylic acid groups (broad SMARTS) is 1. The molecular weight excluding hydrogens is 532 g/mol. The van der Waals surface area contributed by atoms with Crippen LogP contribution in [-0.2, 0) is 14.3 Å². The Bertz CT molecular complexity index is 654. The molecule has 0 aliphatic carbocycles. The quantitative estimate of drug-likeness (QED) is 0.0451. The van der Waals surface area contributed by atoms with Gasteiger partial charge in [-0.05, 0) is 70.3 Å². The molecule has 43 heavy (non-hydrogen) atoms. The van der Waals surface area contributed by atoms with Gasteiger partial charge in [-0.1, -0.05) is 148 Å². The van der Waals surface area contributed by atoms with Crippen LogP contribution in [0.2, 0.25) is 0 Å². The number of carboxylic acids is 1. The van der Waals surface area contributed by atoms with Crippen LogP contribution in [-0.4, -0.2) is 23.1 Å². The van der Waals surface area contributed by atoms with Crippen LogP contribution in [0.25, 0.3) is 0 Å². The van der Waals surface area contributed by atoms with Crippen molar-refractivity contribution in [1.29, 1.82) is 0 Å². The number of allylic oxidation sites excluding steroid dienone is 3. The zero-order valence-electron chi connectivity index (χ0n) is 28.8. The molecule has 1 atom stereocenters. The molecule has 1 N–H and O–H groups in total. The highest BCUT2D eigenvalue weighted by Crippen LogP contribution is 2.16. The Morgan fingerprint density at radius 3 is 1.40 bits per heavy atom. The van der Waals surface area contributed by atoms with Crippen LogP contribution in [0.1, 0.15) is 206 Å². The lowest BCUT2D eigenvalue weighted by Crippen LogP contribution is -2.16. The second kappa shape index (κ2) is 34.9. The first-order valence-corrected chi connectivity index (χ1v) is 18.8. The highest BCUT2D eigenvalue weighted by molar-refractivity contribution is 5.69. The molecular formula is C39H72O4. The van der Waals surface area contributed by atoms with Crippen LogP contribution >= 0.6 is 0 Å². The maximum absolute atomic E-state index is 12.6. The minimum atomic E-state index is -0.699. The number of carbonyl (C=O) groups excluding carboxylic acids is 1. The van der Waals surface area contributed by atoms with Crippen LogP contribution in [0.4, 0.5) is 0 Å². The van der Waals surface area contributed by atoms with Gasteiger partial charge in [0.1, 0.15) is 6.10 Å². The summed E-state index contributed by atoms with van der Waals surface area (Å²) in [5, 5.41) is 8.76. The van der Waals surface area contributed by atoms with Crippen molar-refractivity contribution in [1.82, 2.24) is 0 Å². The third kappa shape index (κ3) is 34.8. The van der Waals surface area contributed by atoms with Crippen molar-refractivity contribution in [3.05, 3.63) is 24.3 Å². The maximum Gasteiger partial charge on any atom is 0.306 e. The second-order valence-electron chi connectivity index (χ2n) is 12.8. The Hall–Kier alpha value is -1.58. The predicted octanol–water partition coefficient (Wildman–Crippen LogP) is 12.8. The summed E-state index contributed by atoms with van der Waals surface area (Å²) < 4.78 is 5.91. The molecule has 0 aromatic heterocycles. The fourth-order valence-electron chi connectivity index (χ4n) is 5.56. The Labute approximate surface area is 267 Å². The second-order valence-corrected chi connectivity index (χ2v) is 12.8. The molecule has 4 heteroatoms. The molecule has 0 heterocycles. The number of ether oxygens (including phenoxy) is 1. The lowest BCUT2D eigenvalue weighted by molar-refractivity contribution is -0.147. The van der Waals surface area contributed by atoms with Gasteiger partial charge in [-0.15, -0.1) is 0 Å². The third-order valence-corrected chi connectivity index (χ3v) is 8.38. The predicted molar refractivity (Wildman–Crippen MR) is 186 cm³/mol. The standard InChI is InChI=1S/C39H72O4/c1-3-5-7-9-11-13-14-15-16-17-18-20-22-28-32-36-39(42)43-37(33-29-25-21-19-12-10-8-6-4-2)34-30-26-23-24-27-31-35-38(40)41/h15-16,29,33,37H,3-14,17-28,30-32,34-36H2,1-2H3,(H,40,41)/b16-15-,33-29-. The van der Waals surface area contributed by atoms with Gasteiger partial charge in [0.2, 0.25) is 0 Å². The molecule has 0 aromatic rings. The average molecular weight is 605 g/mol. The van der Waals surface area contributed by atoms with E-state index in [1.807, 2.05) is 0 Å². The summed E-state index contributed by atoms with van der Waals surface area (Å²) >= 11 is 0. The van der Waals surface area contributed by atoms with Gasteiger partial charge < -0.3 is 9.84 Å². The normalized spacial score (nSPS) is 12.4. The molecule has 0 bridgehead atoms. The fraction of sp³-hybridized carbons (Fsp3) is 0.846. The molecule has 0 aromatic carbocycles. The van der Waals surface area contributed by atoms with Crippen molar-refractivity contribution in [2.45, 2.75) is 213 Å². The van der Waals surface area contributed by atoms with Gasteiger partial charge in [0.15, 0.2) is 0 Å². The van der Waals surface area contributed by atoms with E-state index >= 15 is 0 Å². The number of hydrogen-bond donors (Lipinski definition) is 1.